The average molecular weight is 282 g/mol. The first-order valence-electron chi connectivity index (χ1n) is 6.27. The molecule has 0 aromatic carbocycles. The molecule has 1 amide bonds. The predicted octanol–water partition coefficient (Wildman–Crippen LogP) is 0.250. The Kier molecular flexibility index (Phi) is 4.92. The minimum absolute atomic E-state index is 0.0699. The smallest absolute Gasteiger partial charge is 0.236 e. The quantitative estimate of drug-likeness (QED) is 0.752. The van der Waals surface area contributed by atoms with E-state index in [2.05, 4.69) is 21.6 Å². The fourth-order valence-corrected chi connectivity index (χ4v) is 2.72. The van der Waals surface area contributed by atoms with E-state index in [1.165, 1.54) is 11.8 Å². The van der Waals surface area contributed by atoms with Crippen molar-refractivity contribution in [3.8, 4) is 0 Å². The number of hydrogen-bond donors (Lipinski definition) is 1. The highest BCUT2D eigenvalue weighted by Gasteiger charge is 2.17. The van der Waals surface area contributed by atoms with Gasteiger partial charge in [-0.3, -0.25) is 4.79 Å². The zero-order valence-electron chi connectivity index (χ0n) is 10.9. The van der Waals surface area contributed by atoms with Crippen LogP contribution in [0.15, 0.2) is 16.9 Å². The van der Waals surface area contributed by atoms with Crippen LogP contribution in [0.3, 0.4) is 0 Å². The molecule has 0 spiro atoms. The molecule has 8 heteroatoms. The van der Waals surface area contributed by atoms with Crippen molar-refractivity contribution in [3.63, 3.8) is 0 Å². The third-order valence-electron chi connectivity index (χ3n) is 2.99. The highest BCUT2D eigenvalue weighted by atomic mass is 32.2. The van der Waals surface area contributed by atoms with Gasteiger partial charge < -0.3 is 10.6 Å². The molecule has 0 unspecified atom stereocenters. The number of nitrogens with zero attached hydrogens (tertiary/aromatic N) is 5. The summed E-state index contributed by atoms with van der Waals surface area (Å²) in [5, 5.41) is 11.9. The SMILES string of the molecule is CN(C(=O)CSc1nnnn1CCN)C1=CCCC1. The van der Waals surface area contributed by atoms with Gasteiger partial charge in [0.1, 0.15) is 0 Å². The number of rotatable bonds is 6. The van der Waals surface area contributed by atoms with Crippen LogP contribution in [-0.2, 0) is 11.3 Å². The first-order valence-corrected chi connectivity index (χ1v) is 7.25. The maximum Gasteiger partial charge on any atom is 0.236 e. The predicted molar refractivity (Wildman–Crippen MR) is 72.3 cm³/mol. The number of hydrogen-bond acceptors (Lipinski definition) is 6. The maximum absolute atomic E-state index is 12.1. The molecule has 1 aromatic heterocycles. The number of nitrogens with two attached hydrogens (primary N) is 1. The molecule has 0 aliphatic heterocycles. The van der Waals surface area contributed by atoms with Crippen LogP contribution >= 0.6 is 11.8 Å². The summed E-state index contributed by atoms with van der Waals surface area (Å²) < 4.78 is 1.62. The van der Waals surface area contributed by atoms with Crippen molar-refractivity contribution in [2.24, 2.45) is 5.73 Å². The number of amides is 1. The molecule has 0 bridgehead atoms. The van der Waals surface area contributed by atoms with Gasteiger partial charge in [0.05, 0.1) is 12.3 Å². The first-order chi connectivity index (χ1) is 9.22. The minimum Gasteiger partial charge on any atom is -0.329 e. The van der Waals surface area contributed by atoms with Crippen molar-refractivity contribution in [2.45, 2.75) is 31.0 Å². The second-order valence-electron chi connectivity index (χ2n) is 4.30. The average Bonchev–Trinajstić information content (AvgIpc) is 3.07. The summed E-state index contributed by atoms with van der Waals surface area (Å²) in [6.45, 7) is 1.03. The Balaban J connectivity index is 1.87. The lowest BCUT2D eigenvalue weighted by Crippen LogP contribution is -2.27. The zero-order chi connectivity index (χ0) is 13.7. The number of allylic oxidation sites excluding steroid dienone is 2. The van der Waals surface area contributed by atoms with Crippen molar-refractivity contribution < 1.29 is 4.79 Å². The van der Waals surface area contributed by atoms with Gasteiger partial charge in [0.2, 0.25) is 11.1 Å². The molecule has 2 N–H and O–H groups in total. The fourth-order valence-electron chi connectivity index (χ4n) is 1.90. The molecule has 19 heavy (non-hydrogen) atoms. The topological polar surface area (TPSA) is 89.9 Å². The van der Waals surface area contributed by atoms with Crippen LogP contribution in [0.4, 0.5) is 0 Å². The number of aromatic nitrogens is 4. The summed E-state index contributed by atoms with van der Waals surface area (Å²) in [6.07, 6.45) is 5.31. The molecule has 1 heterocycles. The Morgan fingerprint density at radius 2 is 2.47 bits per heavy atom. The van der Waals surface area contributed by atoms with Gasteiger partial charge in [-0.2, -0.15) is 0 Å². The highest BCUT2D eigenvalue weighted by Crippen LogP contribution is 2.22. The second-order valence-corrected chi connectivity index (χ2v) is 5.24. The van der Waals surface area contributed by atoms with E-state index >= 15 is 0 Å². The Labute approximate surface area is 116 Å². The van der Waals surface area contributed by atoms with Crippen molar-refractivity contribution in [1.29, 1.82) is 0 Å². The van der Waals surface area contributed by atoms with Gasteiger partial charge in [-0.05, 0) is 29.7 Å². The summed E-state index contributed by atoms with van der Waals surface area (Å²) in [5.74, 6) is 0.402. The molecule has 1 aliphatic carbocycles. The molecule has 2 rings (SSSR count). The van der Waals surface area contributed by atoms with E-state index in [0.29, 0.717) is 24.0 Å². The molecule has 104 valence electrons. The highest BCUT2D eigenvalue weighted by molar-refractivity contribution is 7.99. The lowest BCUT2D eigenvalue weighted by Gasteiger charge is -2.17. The van der Waals surface area contributed by atoms with E-state index in [1.807, 2.05) is 7.05 Å². The molecule has 0 radical (unpaired) electrons. The normalized spacial score (nSPS) is 14.5. The lowest BCUT2D eigenvalue weighted by atomic mass is 10.3. The summed E-state index contributed by atoms with van der Waals surface area (Å²) >= 11 is 1.34. The van der Waals surface area contributed by atoms with Gasteiger partial charge >= 0.3 is 0 Å². The molecule has 1 aromatic rings. The standard InChI is InChI=1S/C11H18N6OS/c1-16(9-4-2-3-5-9)10(18)8-19-11-13-14-15-17(11)7-6-12/h4H,2-3,5-8,12H2,1H3. The van der Waals surface area contributed by atoms with Gasteiger partial charge in [-0.25, -0.2) is 4.68 Å². The van der Waals surface area contributed by atoms with E-state index < -0.39 is 0 Å². The van der Waals surface area contributed by atoms with Crippen LogP contribution in [0.5, 0.6) is 0 Å². The number of carbonyl (C=O) groups excluding carboxylic acids is 1. The molecular weight excluding hydrogens is 264 g/mol. The molecule has 0 fully saturated rings. The van der Waals surface area contributed by atoms with Gasteiger partial charge in [0.15, 0.2) is 0 Å². The van der Waals surface area contributed by atoms with Crippen LogP contribution in [0.1, 0.15) is 19.3 Å². The van der Waals surface area contributed by atoms with E-state index in [9.17, 15) is 4.79 Å². The van der Waals surface area contributed by atoms with E-state index in [4.69, 9.17) is 5.73 Å². The van der Waals surface area contributed by atoms with E-state index in [-0.39, 0.29) is 5.91 Å². The van der Waals surface area contributed by atoms with Crippen LogP contribution in [0, 0.1) is 0 Å². The maximum atomic E-state index is 12.1. The molecule has 0 atom stereocenters. The van der Waals surface area contributed by atoms with Gasteiger partial charge in [-0.15, -0.1) is 5.10 Å². The monoisotopic (exact) mass is 282 g/mol. The number of tetrazole rings is 1. The third-order valence-corrected chi connectivity index (χ3v) is 3.93. The fraction of sp³-hybridized carbons (Fsp3) is 0.636. The lowest BCUT2D eigenvalue weighted by molar-refractivity contribution is -0.125. The Bertz CT molecular complexity index is 472. The minimum atomic E-state index is 0.0699. The Hall–Kier alpha value is -1.41. The molecule has 0 saturated heterocycles. The van der Waals surface area contributed by atoms with Crippen molar-refractivity contribution in [1.82, 2.24) is 25.1 Å². The zero-order valence-corrected chi connectivity index (χ0v) is 11.8. The van der Waals surface area contributed by atoms with E-state index in [1.54, 1.807) is 9.58 Å². The number of thioether (sulfide) groups is 1. The van der Waals surface area contributed by atoms with Gasteiger partial charge in [-0.1, -0.05) is 17.8 Å². The van der Waals surface area contributed by atoms with Crippen LogP contribution in [0.2, 0.25) is 0 Å². The largest absolute Gasteiger partial charge is 0.329 e. The Morgan fingerprint density at radius 1 is 1.63 bits per heavy atom. The first kappa shape index (κ1) is 14.0. The van der Waals surface area contributed by atoms with Gasteiger partial charge in [0, 0.05) is 19.3 Å². The summed E-state index contributed by atoms with van der Waals surface area (Å²) in [5.41, 5.74) is 6.58. The van der Waals surface area contributed by atoms with Crippen LogP contribution < -0.4 is 5.73 Å². The van der Waals surface area contributed by atoms with E-state index in [0.717, 1.165) is 25.0 Å². The van der Waals surface area contributed by atoms with Gasteiger partial charge in [0.25, 0.3) is 0 Å². The van der Waals surface area contributed by atoms with Crippen molar-refractivity contribution >= 4 is 17.7 Å². The summed E-state index contributed by atoms with van der Waals surface area (Å²) in [7, 11) is 1.82. The van der Waals surface area contributed by atoms with Crippen LogP contribution in [-0.4, -0.2) is 50.4 Å². The molecule has 1 aliphatic rings. The van der Waals surface area contributed by atoms with Crippen LogP contribution in [0.25, 0.3) is 0 Å². The molecule has 0 saturated carbocycles. The van der Waals surface area contributed by atoms with Crippen molar-refractivity contribution in [2.75, 3.05) is 19.3 Å². The summed E-state index contributed by atoms with van der Waals surface area (Å²) in [6, 6.07) is 0. The number of carbonyl (C=O) groups is 1. The molecular formula is C11H18N6OS. The second kappa shape index (κ2) is 6.67. The summed E-state index contributed by atoms with van der Waals surface area (Å²) in [4.78, 5) is 13.8. The van der Waals surface area contributed by atoms with Crippen molar-refractivity contribution in [3.05, 3.63) is 11.8 Å². The Morgan fingerprint density at radius 3 is 3.16 bits per heavy atom. The molecule has 7 nitrogen and oxygen atoms in total. The third kappa shape index (κ3) is 3.54.